The quantitative estimate of drug-likeness (QED) is 0.761. The molecule has 2 fully saturated rings. The van der Waals surface area contributed by atoms with Gasteiger partial charge in [0.05, 0.1) is 0 Å². The van der Waals surface area contributed by atoms with Gasteiger partial charge in [0.2, 0.25) is 0 Å². The van der Waals surface area contributed by atoms with Crippen LogP contribution in [0.4, 0.5) is 4.79 Å². The van der Waals surface area contributed by atoms with Gasteiger partial charge in [-0.2, -0.15) is 4.31 Å². The lowest BCUT2D eigenvalue weighted by Crippen LogP contribution is -2.54. The van der Waals surface area contributed by atoms with Gasteiger partial charge in [-0.1, -0.05) is 6.07 Å². The van der Waals surface area contributed by atoms with Crippen LogP contribution in [-0.4, -0.2) is 66.2 Å². The molecular weight excluding hydrogens is 326 g/mol. The number of urea groups is 1. The molecule has 1 aromatic rings. The third kappa shape index (κ3) is 2.24. The second-order valence-corrected chi connectivity index (χ2v) is 8.70. The van der Waals surface area contributed by atoms with Crippen LogP contribution in [0.3, 0.4) is 0 Å². The zero-order valence-electron chi connectivity index (χ0n) is 12.3. The third-order valence-corrected chi connectivity index (χ3v) is 7.16. The molecule has 0 radical (unpaired) electrons. The number of rotatable bonds is 3. The van der Waals surface area contributed by atoms with Gasteiger partial charge < -0.3 is 4.90 Å². The van der Waals surface area contributed by atoms with Gasteiger partial charge in [-0.15, -0.1) is 11.3 Å². The standard InChI is InChI=1S/C13H17N3O4S2/c1-9(2)16-12(17)10-8-14(5-6-15(10)13(16)18)22(19,20)11-4-3-7-21-11/h3-4,7,9-10H,5-6,8H2,1-2H3. The molecule has 1 aromatic heterocycles. The largest absolute Gasteiger partial charge is 0.327 e. The van der Waals surface area contributed by atoms with E-state index in [0.717, 1.165) is 11.3 Å². The number of piperazine rings is 1. The Hall–Kier alpha value is -1.45. The van der Waals surface area contributed by atoms with Crippen molar-refractivity contribution in [2.24, 2.45) is 0 Å². The number of amides is 3. The van der Waals surface area contributed by atoms with Crippen molar-refractivity contribution in [1.82, 2.24) is 14.1 Å². The fourth-order valence-electron chi connectivity index (χ4n) is 2.82. The van der Waals surface area contributed by atoms with Crippen LogP contribution in [0.1, 0.15) is 13.8 Å². The van der Waals surface area contributed by atoms with Crippen molar-refractivity contribution in [3.05, 3.63) is 17.5 Å². The maximum absolute atomic E-state index is 12.5. The number of nitrogens with zero attached hydrogens (tertiary/aromatic N) is 3. The topological polar surface area (TPSA) is 78.0 Å². The van der Waals surface area contributed by atoms with Crippen LogP contribution >= 0.6 is 11.3 Å². The van der Waals surface area contributed by atoms with Gasteiger partial charge in [-0.3, -0.25) is 9.69 Å². The summed E-state index contributed by atoms with van der Waals surface area (Å²) < 4.78 is 26.7. The van der Waals surface area contributed by atoms with Gasteiger partial charge in [0.15, 0.2) is 0 Å². The average molecular weight is 343 g/mol. The molecule has 1 unspecified atom stereocenters. The second-order valence-electron chi connectivity index (χ2n) is 5.59. The summed E-state index contributed by atoms with van der Waals surface area (Å²) in [7, 11) is -3.59. The molecule has 9 heteroatoms. The van der Waals surface area contributed by atoms with Crippen LogP contribution in [0.15, 0.2) is 21.7 Å². The molecule has 2 aliphatic heterocycles. The first-order valence-corrected chi connectivity index (χ1v) is 9.33. The molecule has 1 atom stereocenters. The predicted molar refractivity (Wildman–Crippen MR) is 80.9 cm³/mol. The molecule has 3 rings (SSSR count). The minimum atomic E-state index is -3.59. The minimum Gasteiger partial charge on any atom is -0.310 e. The molecular formula is C13H17N3O4S2. The number of hydrogen-bond acceptors (Lipinski definition) is 5. The number of imide groups is 1. The van der Waals surface area contributed by atoms with Crippen molar-refractivity contribution in [2.75, 3.05) is 19.6 Å². The second kappa shape index (κ2) is 5.32. The molecule has 0 saturated carbocycles. The van der Waals surface area contributed by atoms with Crippen LogP contribution in [0, 0.1) is 0 Å². The first-order chi connectivity index (χ1) is 10.3. The fraction of sp³-hybridized carbons (Fsp3) is 0.538. The molecule has 22 heavy (non-hydrogen) atoms. The summed E-state index contributed by atoms with van der Waals surface area (Å²) in [4.78, 5) is 27.3. The summed E-state index contributed by atoms with van der Waals surface area (Å²) in [6.07, 6.45) is 0. The molecule has 120 valence electrons. The van der Waals surface area contributed by atoms with Crippen molar-refractivity contribution in [1.29, 1.82) is 0 Å². The van der Waals surface area contributed by atoms with Gasteiger partial charge in [0.25, 0.3) is 15.9 Å². The number of fused-ring (bicyclic) bond motifs is 1. The van der Waals surface area contributed by atoms with Crippen LogP contribution in [0.25, 0.3) is 0 Å². The smallest absolute Gasteiger partial charge is 0.310 e. The Bertz CT molecular complexity index is 699. The Morgan fingerprint density at radius 3 is 2.59 bits per heavy atom. The van der Waals surface area contributed by atoms with Gasteiger partial charge in [-0.05, 0) is 25.3 Å². The van der Waals surface area contributed by atoms with E-state index < -0.39 is 16.1 Å². The van der Waals surface area contributed by atoms with E-state index in [0.29, 0.717) is 0 Å². The monoisotopic (exact) mass is 343 g/mol. The van der Waals surface area contributed by atoms with E-state index in [4.69, 9.17) is 0 Å². The van der Waals surface area contributed by atoms with E-state index in [2.05, 4.69) is 0 Å². The molecule has 0 bridgehead atoms. The number of carbonyl (C=O) groups is 2. The summed E-state index contributed by atoms with van der Waals surface area (Å²) in [5.74, 6) is -0.314. The normalized spacial score (nSPS) is 23.5. The van der Waals surface area contributed by atoms with E-state index in [1.807, 2.05) is 0 Å². The number of thiophene rings is 1. The summed E-state index contributed by atoms with van der Waals surface area (Å²) in [5, 5.41) is 1.70. The molecule has 3 amide bonds. The number of hydrogen-bond donors (Lipinski definition) is 0. The van der Waals surface area contributed by atoms with Crippen molar-refractivity contribution in [3.8, 4) is 0 Å². The lowest BCUT2D eigenvalue weighted by molar-refractivity contribution is -0.130. The Morgan fingerprint density at radius 1 is 1.27 bits per heavy atom. The van der Waals surface area contributed by atoms with E-state index >= 15 is 0 Å². The van der Waals surface area contributed by atoms with Crippen molar-refractivity contribution >= 4 is 33.3 Å². The van der Waals surface area contributed by atoms with E-state index in [1.165, 1.54) is 14.1 Å². The number of carbonyl (C=O) groups excluding carboxylic acids is 2. The van der Waals surface area contributed by atoms with Gasteiger partial charge >= 0.3 is 6.03 Å². The highest BCUT2D eigenvalue weighted by molar-refractivity contribution is 7.91. The summed E-state index contributed by atoms with van der Waals surface area (Å²) in [6, 6.07) is 1.97. The van der Waals surface area contributed by atoms with Crippen molar-refractivity contribution in [3.63, 3.8) is 0 Å². The highest BCUT2D eigenvalue weighted by Crippen LogP contribution is 2.28. The molecule has 2 aliphatic rings. The Balaban J connectivity index is 1.86. The maximum atomic E-state index is 12.5. The maximum Gasteiger partial charge on any atom is 0.327 e. The van der Waals surface area contributed by atoms with Crippen molar-refractivity contribution < 1.29 is 18.0 Å². The molecule has 2 saturated heterocycles. The first-order valence-electron chi connectivity index (χ1n) is 7.01. The highest BCUT2D eigenvalue weighted by Gasteiger charge is 2.50. The summed E-state index contributed by atoms with van der Waals surface area (Å²) >= 11 is 1.15. The lowest BCUT2D eigenvalue weighted by atomic mass is 10.2. The molecule has 7 nitrogen and oxygen atoms in total. The molecule has 3 heterocycles. The van der Waals surface area contributed by atoms with E-state index in [9.17, 15) is 18.0 Å². The van der Waals surface area contributed by atoms with Crippen LogP contribution < -0.4 is 0 Å². The Labute approximate surface area is 133 Å². The van der Waals surface area contributed by atoms with Crippen LogP contribution in [0.5, 0.6) is 0 Å². The molecule has 0 N–H and O–H groups in total. The summed E-state index contributed by atoms with van der Waals surface area (Å²) in [6.45, 7) is 4.02. The van der Waals surface area contributed by atoms with Crippen LogP contribution in [0.2, 0.25) is 0 Å². The van der Waals surface area contributed by atoms with Gasteiger partial charge in [0.1, 0.15) is 10.3 Å². The lowest BCUT2D eigenvalue weighted by Gasteiger charge is -2.34. The zero-order valence-corrected chi connectivity index (χ0v) is 13.9. The average Bonchev–Trinajstić information content (AvgIpc) is 3.07. The SMILES string of the molecule is CC(C)N1C(=O)C2CN(S(=O)(=O)c3cccs3)CCN2C1=O. The highest BCUT2D eigenvalue weighted by atomic mass is 32.2. The third-order valence-electron chi connectivity index (χ3n) is 3.92. The van der Waals surface area contributed by atoms with Crippen LogP contribution in [-0.2, 0) is 14.8 Å². The number of sulfonamides is 1. The molecule has 0 aromatic carbocycles. The van der Waals surface area contributed by atoms with Gasteiger partial charge in [0, 0.05) is 25.7 Å². The van der Waals surface area contributed by atoms with Gasteiger partial charge in [-0.25, -0.2) is 13.2 Å². The first kappa shape index (κ1) is 15.4. The van der Waals surface area contributed by atoms with E-state index in [-0.39, 0.29) is 41.8 Å². The van der Waals surface area contributed by atoms with E-state index in [1.54, 1.807) is 31.4 Å². The minimum absolute atomic E-state index is 0.0219. The molecule has 0 aliphatic carbocycles. The summed E-state index contributed by atoms with van der Waals surface area (Å²) in [5.41, 5.74) is 0. The fourth-order valence-corrected chi connectivity index (χ4v) is 5.40. The predicted octanol–water partition coefficient (Wildman–Crippen LogP) is 0.794. The molecule has 0 spiro atoms. The van der Waals surface area contributed by atoms with Crippen molar-refractivity contribution in [2.45, 2.75) is 30.1 Å². The Morgan fingerprint density at radius 2 is 2.00 bits per heavy atom. The zero-order chi connectivity index (χ0) is 16.1. The Kier molecular flexibility index (Phi) is 3.74.